The predicted molar refractivity (Wildman–Crippen MR) is 146 cm³/mol. The van der Waals surface area contributed by atoms with E-state index in [4.69, 9.17) is 20.6 Å². The fourth-order valence-corrected chi connectivity index (χ4v) is 4.12. The maximum Gasteiger partial charge on any atom is 0.417 e. The number of alkyl halides is 3. The van der Waals surface area contributed by atoms with Crippen molar-refractivity contribution in [1.29, 1.82) is 5.41 Å². The molecular formula is C28H30BrF3N4O3. The summed E-state index contributed by atoms with van der Waals surface area (Å²) in [5, 5.41) is 10.4. The van der Waals surface area contributed by atoms with Gasteiger partial charge in [0.05, 0.1) is 5.56 Å². The summed E-state index contributed by atoms with van der Waals surface area (Å²) in [5.74, 6) is -0.300. The van der Waals surface area contributed by atoms with Crippen molar-refractivity contribution in [3.8, 4) is 11.6 Å². The monoisotopic (exact) mass is 606 g/mol. The second kappa shape index (κ2) is 12.5. The van der Waals surface area contributed by atoms with Crippen LogP contribution >= 0.6 is 15.9 Å². The minimum absolute atomic E-state index is 0.0450. The van der Waals surface area contributed by atoms with Crippen LogP contribution in [0, 0.1) is 5.41 Å². The first-order valence-corrected chi connectivity index (χ1v) is 12.9. The SMILES string of the molecule is CC(NC(=O)C(C)(C)Oc1ccc(C(F)(F)F)cn1)C(Cc1ccc(Br)cc1)c1cccc(OCC(=N)N)c1. The Morgan fingerprint density at radius 1 is 1.13 bits per heavy atom. The third-order valence-electron chi connectivity index (χ3n) is 5.98. The van der Waals surface area contributed by atoms with Crippen LogP contribution in [0.3, 0.4) is 0 Å². The number of halogens is 4. The summed E-state index contributed by atoms with van der Waals surface area (Å²) in [6.07, 6.45) is -3.26. The molecule has 0 fully saturated rings. The molecule has 0 aliphatic carbocycles. The number of pyridine rings is 1. The molecule has 1 heterocycles. The summed E-state index contributed by atoms with van der Waals surface area (Å²) in [6, 6.07) is 16.8. The van der Waals surface area contributed by atoms with E-state index in [2.05, 4.69) is 26.2 Å². The Morgan fingerprint density at radius 3 is 2.41 bits per heavy atom. The predicted octanol–water partition coefficient (Wildman–Crippen LogP) is 5.87. The van der Waals surface area contributed by atoms with Crippen LogP contribution in [0.5, 0.6) is 11.6 Å². The van der Waals surface area contributed by atoms with Crippen LogP contribution in [0.2, 0.25) is 0 Å². The zero-order valence-electron chi connectivity index (χ0n) is 21.7. The van der Waals surface area contributed by atoms with Gasteiger partial charge in [0.2, 0.25) is 5.88 Å². The van der Waals surface area contributed by atoms with Crippen molar-refractivity contribution in [1.82, 2.24) is 10.3 Å². The highest BCUT2D eigenvalue weighted by molar-refractivity contribution is 9.10. The summed E-state index contributed by atoms with van der Waals surface area (Å²) in [6.45, 7) is 4.87. The van der Waals surface area contributed by atoms with Crippen LogP contribution in [0.25, 0.3) is 0 Å². The molecule has 39 heavy (non-hydrogen) atoms. The van der Waals surface area contributed by atoms with E-state index in [1.54, 1.807) is 6.07 Å². The number of amidine groups is 1. The highest BCUT2D eigenvalue weighted by atomic mass is 79.9. The van der Waals surface area contributed by atoms with Gasteiger partial charge < -0.3 is 20.5 Å². The number of nitrogens with one attached hydrogen (secondary N) is 2. The largest absolute Gasteiger partial charge is 0.486 e. The van der Waals surface area contributed by atoms with Crippen molar-refractivity contribution in [3.05, 3.63) is 88.0 Å². The number of hydrogen-bond donors (Lipinski definition) is 3. The van der Waals surface area contributed by atoms with E-state index in [1.165, 1.54) is 13.8 Å². The standard InChI is InChI=1S/C28H30BrF3N4O3/c1-17(36-26(37)27(2,3)39-25-12-9-20(15-35-25)28(30,31)32)23(13-18-7-10-21(29)11-8-18)19-5-4-6-22(14-19)38-16-24(33)34/h4-12,14-15,17,23H,13,16H2,1-3H3,(H3,33,34)(H,36,37). The average molecular weight is 607 g/mol. The van der Waals surface area contributed by atoms with Crippen molar-refractivity contribution in [2.75, 3.05) is 6.61 Å². The van der Waals surface area contributed by atoms with E-state index < -0.39 is 23.2 Å². The van der Waals surface area contributed by atoms with E-state index in [9.17, 15) is 18.0 Å². The number of carbonyl (C=O) groups excluding carboxylic acids is 1. The second-order valence-corrected chi connectivity index (χ2v) is 10.5. The fraction of sp³-hybridized carbons (Fsp3) is 0.321. The van der Waals surface area contributed by atoms with Crippen LogP contribution in [0.15, 0.2) is 71.3 Å². The smallest absolute Gasteiger partial charge is 0.417 e. The quantitative estimate of drug-likeness (QED) is 0.187. The molecule has 2 aromatic carbocycles. The number of rotatable bonds is 11. The van der Waals surface area contributed by atoms with Gasteiger partial charge in [0.25, 0.3) is 5.91 Å². The molecule has 1 amide bonds. The van der Waals surface area contributed by atoms with Gasteiger partial charge in [-0.05, 0) is 68.7 Å². The Balaban J connectivity index is 1.80. The molecule has 208 valence electrons. The van der Waals surface area contributed by atoms with Crippen LogP contribution in [-0.2, 0) is 17.4 Å². The number of carbonyl (C=O) groups is 1. The first-order chi connectivity index (χ1) is 18.2. The number of benzene rings is 2. The van der Waals surface area contributed by atoms with Crippen molar-refractivity contribution >= 4 is 27.7 Å². The van der Waals surface area contributed by atoms with Gasteiger partial charge in [0, 0.05) is 28.7 Å². The first-order valence-electron chi connectivity index (χ1n) is 12.1. The number of ether oxygens (including phenoxy) is 2. The minimum atomic E-state index is -4.52. The number of amides is 1. The van der Waals surface area contributed by atoms with Crippen LogP contribution < -0.4 is 20.5 Å². The summed E-state index contributed by atoms with van der Waals surface area (Å²) in [4.78, 5) is 17.0. The average Bonchev–Trinajstić information content (AvgIpc) is 2.86. The van der Waals surface area contributed by atoms with E-state index in [-0.39, 0.29) is 30.3 Å². The van der Waals surface area contributed by atoms with Crippen LogP contribution in [0.4, 0.5) is 13.2 Å². The van der Waals surface area contributed by atoms with Crippen molar-refractivity contribution in [3.63, 3.8) is 0 Å². The van der Waals surface area contributed by atoms with Gasteiger partial charge in [0.15, 0.2) is 5.60 Å². The number of nitrogens with zero attached hydrogens (tertiary/aromatic N) is 1. The number of nitrogens with two attached hydrogens (primary N) is 1. The summed E-state index contributed by atoms with van der Waals surface area (Å²) in [5.41, 5.74) is 5.03. The minimum Gasteiger partial charge on any atom is -0.486 e. The molecule has 0 bridgehead atoms. The van der Waals surface area contributed by atoms with Crippen molar-refractivity contribution in [2.45, 2.75) is 50.9 Å². The lowest BCUT2D eigenvalue weighted by molar-refractivity contribution is -0.138. The van der Waals surface area contributed by atoms with Gasteiger partial charge in [-0.1, -0.05) is 40.2 Å². The Kier molecular flexibility index (Phi) is 9.60. The molecule has 11 heteroatoms. The molecular weight excluding hydrogens is 577 g/mol. The third-order valence-corrected chi connectivity index (χ3v) is 6.51. The maximum atomic E-state index is 13.3. The molecule has 2 unspecified atom stereocenters. The van der Waals surface area contributed by atoms with Gasteiger partial charge >= 0.3 is 6.18 Å². The number of aromatic nitrogens is 1. The molecule has 0 aliphatic heterocycles. The summed E-state index contributed by atoms with van der Waals surface area (Å²) in [7, 11) is 0. The van der Waals surface area contributed by atoms with E-state index >= 15 is 0 Å². The molecule has 1 aromatic heterocycles. The molecule has 2 atom stereocenters. The normalized spacial score (nSPS) is 13.3. The lowest BCUT2D eigenvalue weighted by atomic mass is 9.86. The molecule has 7 nitrogen and oxygen atoms in total. The Labute approximate surface area is 233 Å². The molecule has 0 saturated heterocycles. The molecule has 0 spiro atoms. The van der Waals surface area contributed by atoms with Crippen LogP contribution in [-0.4, -0.2) is 35.0 Å². The molecule has 3 aromatic rings. The highest BCUT2D eigenvalue weighted by Crippen LogP contribution is 2.31. The van der Waals surface area contributed by atoms with E-state index in [1.807, 2.05) is 49.4 Å². The maximum absolute atomic E-state index is 13.3. The molecule has 3 rings (SSSR count). The van der Waals surface area contributed by atoms with Gasteiger partial charge in [-0.2, -0.15) is 13.2 Å². The lowest BCUT2D eigenvalue weighted by Crippen LogP contribution is -2.51. The van der Waals surface area contributed by atoms with Crippen LogP contribution in [0.1, 0.15) is 43.4 Å². The molecule has 0 radical (unpaired) electrons. The van der Waals surface area contributed by atoms with E-state index in [0.717, 1.165) is 27.7 Å². The topological polar surface area (TPSA) is 110 Å². The zero-order chi connectivity index (χ0) is 28.8. The third kappa shape index (κ3) is 8.71. The van der Waals surface area contributed by atoms with Gasteiger partial charge in [-0.3, -0.25) is 10.2 Å². The highest BCUT2D eigenvalue weighted by Gasteiger charge is 2.34. The molecule has 0 saturated carbocycles. The zero-order valence-corrected chi connectivity index (χ0v) is 23.3. The summed E-state index contributed by atoms with van der Waals surface area (Å²) < 4.78 is 50.8. The fourth-order valence-electron chi connectivity index (χ4n) is 3.85. The van der Waals surface area contributed by atoms with Gasteiger partial charge in [-0.25, -0.2) is 4.98 Å². The van der Waals surface area contributed by atoms with Gasteiger partial charge in [0.1, 0.15) is 18.2 Å². The van der Waals surface area contributed by atoms with Crippen molar-refractivity contribution < 1.29 is 27.4 Å². The van der Waals surface area contributed by atoms with Gasteiger partial charge in [-0.15, -0.1) is 0 Å². The summed E-state index contributed by atoms with van der Waals surface area (Å²) >= 11 is 3.44. The molecule has 4 N–H and O–H groups in total. The lowest BCUT2D eigenvalue weighted by Gasteiger charge is -2.31. The first kappa shape index (κ1) is 29.9. The Morgan fingerprint density at radius 2 is 1.82 bits per heavy atom. The van der Waals surface area contributed by atoms with E-state index in [0.29, 0.717) is 18.4 Å². The van der Waals surface area contributed by atoms with Crippen molar-refractivity contribution in [2.24, 2.45) is 5.73 Å². The second-order valence-electron chi connectivity index (χ2n) is 9.58. The Hall–Kier alpha value is -3.60. The Bertz CT molecular complexity index is 1280. The number of hydrogen-bond acceptors (Lipinski definition) is 5. The molecule has 0 aliphatic rings.